The Kier molecular flexibility index (Phi) is 7.80. The number of nitrogens with zero attached hydrogens (tertiary/aromatic N) is 2. The Morgan fingerprint density at radius 1 is 1.03 bits per heavy atom. The number of amides is 1. The summed E-state index contributed by atoms with van der Waals surface area (Å²) in [6.45, 7) is 1.69. The minimum absolute atomic E-state index is 0.0157. The highest BCUT2D eigenvalue weighted by Gasteiger charge is 2.31. The van der Waals surface area contributed by atoms with Crippen LogP contribution < -0.4 is 14.3 Å². The summed E-state index contributed by atoms with van der Waals surface area (Å²) in [5.74, 6) is -0.572. The normalized spacial score (nSPS) is 12.6. The highest BCUT2D eigenvalue weighted by molar-refractivity contribution is 7.92. The first-order chi connectivity index (χ1) is 16.0. The molecule has 12 heteroatoms. The largest absolute Gasteiger partial charge is 0.324 e. The van der Waals surface area contributed by atoms with E-state index in [0.717, 1.165) is 10.6 Å². The van der Waals surface area contributed by atoms with Crippen LogP contribution in [-0.4, -0.2) is 40.0 Å². The standard InChI is InChI=1S/C22H23ClN4O5S2/c1-3-21(27(33(2,29)30)19-8-4-6-16(23)14-19)22(28)25-17-9-11-20(12-10-17)34(31,32)26-18-7-5-13-24-15-18/h4-15,21,26H,3H2,1-2H3,(H,25,28). The molecule has 0 fully saturated rings. The molecular weight excluding hydrogens is 500 g/mol. The van der Waals surface area contributed by atoms with E-state index >= 15 is 0 Å². The maximum absolute atomic E-state index is 13.0. The lowest BCUT2D eigenvalue weighted by Crippen LogP contribution is -2.47. The number of nitrogens with one attached hydrogen (secondary N) is 2. The zero-order chi connectivity index (χ0) is 24.9. The van der Waals surface area contributed by atoms with E-state index in [-0.39, 0.29) is 17.0 Å². The number of hydrogen-bond acceptors (Lipinski definition) is 6. The number of anilines is 3. The summed E-state index contributed by atoms with van der Waals surface area (Å²) in [6.07, 6.45) is 4.10. The molecule has 3 aromatic rings. The molecule has 1 unspecified atom stereocenters. The van der Waals surface area contributed by atoms with Gasteiger partial charge in [-0.2, -0.15) is 0 Å². The third-order valence-electron chi connectivity index (χ3n) is 4.74. The van der Waals surface area contributed by atoms with Crippen molar-refractivity contribution in [2.45, 2.75) is 24.3 Å². The maximum atomic E-state index is 13.0. The van der Waals surface area contributed by atoms with Gasteiger partial charge in [0.25, 0.3) is 10.0 Å². The van der Waals surface area contributed by atoms with Crippen LogP contribution in [0.3, 0.4) is 0 Å². The van der Waals surface area contributed by atoms with E-state index in [9.17, 15) is 21.6 Å². The molecule has 2 aromatic carbocycles. The number of halogens is 1. The summed E-state index contributed by atoms with van der Waals surface area (Å²) < 4.78 is 53.6. The lowest BCUT2D eigenvalue weighted by Gasteiger charge is -2.30. The van der Waals surface area contributed by atoms with Crippen molar-refractivity contribution >= 4 is 54.6 Å². The van der Waals surface area contributed by atoms with Crippen LogP contribution in [0.1, 0.15) is 13.3 Å². The van der Waals surface area contributed by atoms with Crippen LogP contribution in [0, 0.1) is 0 Å². The molecule has 0 saturated heterocycles. The SMILES string of the molecule is CCC(C(=O)Nc1ccc(S(=O)(=O)Nc2cccnc2)cc1)N(c1cccc(Cl)c1)S(C)(=O)=O. The lowest BCUT2D eigenvalue weighted by molar-refractivity contribution is -0.117. The van der Waals surface area contributed by atoms with Crippen molar-refractivity contribution in [1.29, 1.82) is 0 Å². The van der Waals surface area contributed by atoms with Gasteiger partial charge in [0.05, 0.1) is 28.7 Å². The minimum atomic E-state index is -3.86. The summed E-state index contributed by atoms with van der Waals surface area (Å²) in [7, 11) is -7.67. The van der Waals surface area contributed by atoms with Crippen molar-refractivity contribution < 1.29 is 21.6 Å². The second-order valence-corrected chi connectivity index (χ2v) is 11.3. The molecule has 3 rings (SSSR count). The molecule has 0 saturated carbocycles. The van der Waals surface area contributed by atoms with Crippen molar-refractivity contribution in [3.8, 4) is 0 Å². The van der Waals surface area contributed by atoms with Crippen LogP contribution in [0.25, 0.3) is 0 Å². The summed E-state index contributed by atoms with van der Waals surface area (Å²) >= 11 is 6.02. The Morgan fingerprint density at radius 3 is 2.29 bits per heavy atom. The van der Waals surface area contributed by atoms with Crippen molar-refractivity contribution in [2.24, 2.45) is 0 Å². The molecule has 1 atom stereocenters. The molecule has 0 aliphatic carbocycles. The van der Waals surface area contributed by atoms with Gasteiger partial charge >= 0.3 is 0 Å². The molecule has 0 spiro atoms. The zero-order valence-corrected chi connectivity index (χ0v) is 20.7. The zero-order valence-electron chi connectivity index (χ0n) is 18.3. The van der Waals surface area contributed by atoms with E-state index < -0.39 is 32.0 Å². The number of hydrogen-bond donors (Lipinski definition) is 2. The van der Waals surface area contributed by atoms with E-state index in [2.05, 4.69) is 15.0 Å². The highest BCUT2D eigenvalue weighted by Crippen LogP contribution is 2.26. The first kappa shape index (κ1) is 25.5. The van der Waals surface area contributed by atoms with E-state index in [1.54, 1.807) is 37.3 Å². The van der Waals surface area contributed by atoms with Gasteiger partial charge in [-0.25, -0.2) is 16.8 Å². The van der Waals surface area contributed by atoms with Crippen LogP contribution in [0.4, 0.5) is 17.1 Å². The molecule has 2 N–H and O–H groups in total. The first-order valence-electron chi connectivity index (χ1n) is 10.1. The molecule has 1 amide bonds. The second kappa shape index (κ2) is 10.4. The van der Waals surface area contributed by atoms with Gasteiger partial charge in [-0.1, -0.05) is 24.6 Å². The number of aromatic nitrogens is 1. The Labute approximate surface area is 203 Å². The van der Waals surface area contributed by atoms with Gasteiger partial charge in [-0.3, -0.25) is 18.8 Å². The average Bonchev–Trinajstić information content (AvgIpc) is 2.77. The summed E-state index contributed by atoms with van der Waals surface area (Å²) in [5, 5.41) is 2.99. The van der Waals surface area contributed by atoms with Crippen LogP contribution in [-0.2, 0) is 24.8 Å². The molecule has 9 nitrogen and oxygen atoms in total. The maximum Gasteiger partial charge on any atom is 0.261 e. The van der Waals surface area contributed by atoms with Crippen LogP contribution in [0.2, 0.25) is 5.02 Å². The molecule has 0 radical (unpaired) electrons. The Morgan fingerprint density at radius 2 is 1.74 bits per heavy atom. The monoisotopic (exact) mass is 522 g/mol. The smallest absolute Gasteiger partial charge is 0.261 e. The number of sulfonamides is 2. The molecule has 0 aliphatic rings. The van der Waals surface area contributed by atoms with E-state index in [1.165, 1.54) is 42.7 Å². The molecule has 1 aromatic heterocycles. The second-order valence-electron chi connectivity index (χ2n) is 7.32. The first-order valence-corrected chi connectivity index (χ1v) is 13.8. The minimum Gasteiger partial charge on any atom is -0.324 e. The highest BCUT2D eigenvalue weighted by atomic mass is 35.5. The molecule has 0 aliphatic heterocycles. The van der Waals surface area contributed by atoms with Crippen molar-refractivity contribution in [2.75, 3.05) is 20.6 Å². The van der Waals surface area contributed by atoms with E-state index in [1.807, 2.05) is 0 Å². The van der Waals surface area contributed by atoms with Gasteiger partial charge in [0.1, 0.15) is 6.04 Å². The Balaban J connectivity index is 1.80. The molecular formula is C22H23ClN4O5S2. The number of carbonyl (C=O) groups is 1. The van der Waals surface area contributed by atoms with Crippen LogP contribution in [0.15, 0.2) is 78.0 Å². The van der Waals surface area contributed by atoms with Crippen LogP contribution >= 0.6 is 11.6 Å². The molecule has 1 heterocycles. The molecule has 34 heavy (non-hydrogen) atoms. The third kappa shape index (κ3) is 6.25. The number of rotatable bonds is 9. The fourth-order valence-electron chi connectivity index (χ4n) is 3.25. The average molecular weight is 523 g/mol. The predicted molar refractivity (Wildman–Crippen MR) is 133 cm³/mol. The van der Waals surface area contributed by atoms with Gasteiger partial charge in [0.15, 0.2) is 0 Å². The van der Waals surface area contributed by atoms with E-state index in [4.69, 9.17) is 11.6 Å². The van der Waals surface area contributed by atoms with Gasteiger partial charge < -0.3 is 5.32 Å². The van der Waals surface area contributed by atoms with Gasteiger partial charge in [-0.15, -0.1) is 0 Å². The van der Waals surface area contributed by atoms with Crippen molar-refractivity contribution in [1.82, 2.24) is 4.98 Å². The van der Waals surface area contributed by atoms with Crippen molar-refractivity contribution in [3.05, 3.63) is 78.1 Å². The summed E-state index contributed by atoms with van der Waals surface area (Å²) in [5.41, 5.74) is 0.885. The quantitative estimate of drug-likeness (QED) is 0.441. The molecule has 0 bridgehead atoms. The van der Waals surface area contributed by atoms with Gasteiger partial charge in [0, 0.05) is 16.9 Å². The number of pyridine rings is 1. The number of benzene rings is 2. The van der Waals surface area contributed by atoms with Gasteiger partial charge in [-0.05, 0) is 61.0 Å². The number of carbonyl (C=O) groups excluding carboxylic acids is 1. The molecule has 180 valence electrons. The third-order valence-corrected chi connectivity index (χ3v) is 7.55. The summed E-state index contributed by atoms with van der Waals surface area (Å²) in [4.78, 5) is 16.9. The van der Waals surface area contributed by atoms with Gasteiger partial charge in [0.2, 0.25) is 15.9 Å². The Hall–Kier alpha value is -3.15. The van der Waals surface area contributed by atoms with Crippen LogP contribution in [0.5, 0.6) is 0 Å². The fraction of sp³-hybridized carbons (Fsp3) is 0.182. The predicted octanol–water partition coefficient (Wildman–Crippen LogP) is 3.72. The fourth-order valence-corrected chi connectivity index (χ4v) is 5.69. The van der Waals surface area contributed by atoms with Crippen molar-refractivity contribution in [3.63, 3.8) is 0 Å². The summed E-state index contributed by atoms with van der Waals surface area (Å²) in [6, 6.07) is 13.8. The Bertz CT molecular complexity index is 1370. The lowest BCUT2D eigenvalue weighted by atomic mass is 10.2. The van der Waals surface area contributed by atoms with E-state index in [0.29, 0.717) is 16.4 Å². The topological polar surface area (TPSA) is 126 Å².